The summed E-state index contributed by atoms with van der Waals surface area (Å²) in [5, 5.41) is 10.3. The Labute approximate surface area is 147 Å². The minimum atomic E-state index is -3.74. The second kappa shape index (κ2) is 7.19. The molecule has 0 aliphatic heterocycles. The van der Waals surface area contributed by atoms with Gasteiger partial charge in [-0.15, -0.1) is 5.92 Å². The van der Waals surface area contributed by atoms with E-state index < -0.39 is 20.6 Å². The summed E-state index contributed by atoms with van der Waals surface area (Å²) >= 11 is 0. The molecule has 6 nitrogen and oxygen atoms in total. The third-order valence-corrected chi connectivity index (χ3v) is 6.35. The van der Waals surface area contributed by atoms with Gasteiger partial charge in [-0.3, -0.25) is 4.79 Å². The summed E-state index contributed by atoms with van der Waals surface area (Å²) in [5.74, 6) is 4.94. The van der Waals surface area contributed by atoms with Crippen LogP contribution in [0.5, 0.6) is 5.75 Å². The van der Waals surface area contributed by atoms with Crippen molar-refractivity contribution in [2.45, 2.75) is 31.6 Å². The summed E-state index contributed by atoms with van der Waals surface area (Å²) in [4.78, 5) is 11.4. The molecule has 0 saturated heterocycles. The monoisotopic (exact) mass is 363 g/mol. The fourth-order valence-electron chi connectivity index (χ4n) is 2.44. The molecular formula is C18H21NO5S. The first-order valence-electron chi connectivity index (χ1n) is 7.73. The first-order chi connectivity index (χ1) is 11.7. The number of sulfone groups is 1. The van der Waals surface area contributed by atoms with Crippen LogP contribution in [0, 0.1) is 11.8 Å². The number of hydrogen-bond donors (Lipinski definition) is 1. The van der Waals surface area contributed by atoms with Crippen molar-refractivity contribution in [3.63, 3.8) is 0 Å². The van der Waals surface area contributed by atoms with E-state index >= 15 is 0 Å². The molecule has 0 bridgehead atoms. The number of aryl methyl sites for hydroxylation is 1. The van der Waals surface area contributed by atoms with Gasteiger partial charge in [-0.25, -0.2) is 8.42 Å². The number of carbonyl (C=O) groups is 1. The van der Waals surface area contributed by atoms with Crippen LogP contribution < -0.4 is 4.74 Å². The van der Waals surface area contributed by atoms with E-state index in [0.717, 1.165) is 17.2 Å². The number of ether oxygens (including phenoxy) is 1. The highest BCUT2D eigenvalue weighted by atomic mass is 32.2. The molecule has 1 unspecified atom stereocenters. The number of rotatable bonds is 7. The maximum Gasteiger partial charge on any atom is 0.324 e. The van der Waals surface area contributed by atoms with Crippen LogP contribution in [0.3, 0.4) is 0 Å². The van der Waals surface area contributed by atoms with E-state index in [4.69, 9.17) is 4.74 Å². The van der Waals surface area contributed by atoms with Crippen LogP contribution in [0.4, 0.5) is 0 Å². The summed E-state index contributed by atoms with van der Waals surface area (Å²) in [6.45, 7) is 3.58. The van der Waals surface area contributed by atoms with E-state index in [-0.39, 0.29) is 13.0 Å². The summed E-state index contributed by atoms with van der Waals surface area (Å²) in [7, 11) is -3.74. The van der Waals surface area contributed by atoms with Gasteiger partial charge in [0, 0.05) is 29.9 Å². The smallest absolute Gasteiger partial charge is 0.324 e. The van der Waals surface area contributed by atoms with Gasteiger partial charge < -0.3 is 14.4 Å². The number of carboxylic acid groups (broad SMARTS) is 1. The van der Waals surface area contributed by atoms with Crippen molar-refractivity contribution in [3.05, 3.63) is 30.5 Å². The molecule has 0 radical (unpaired) electrons. The molecule has 0 saturated carbocycles. The van der Waals surface area contributed by atoms with Gasteiger partial charge in [-0.2, -0.15) is 0 Å². The highest BCUT2D eigenvalue weighted by Crippen LogP contribution is 2.26. The molecule has 1 heterocycles. The average Bonchev–Trinajstić information content (AvgIpc) is 2.94. The molecule has 1 aromatic heterocycles. The minimum absolute atomic E-state index is 0.0186. The quantitative estimate of drug-likeness (QED) is 0.763. The molecule has 25 heavy (non-hydrogen) atoms. The maximum absolute atomic E-state index is 11.9. The number of carboxylic acids is 1. The Kier molecular flexibility index (Phi) is 5.43. The van der Waals surface area contributed by atoms with Crippen LogP contribution in [-0.4, -0.2) is 41.7 Å². The lowest BCUT2D eigenvalue weighted by Crippen LogP contribution is -2.43. The molecule has 0 amide bonds. The zero-order valence-electron chi connectivity index (χ0n) is 14.4. The largest absolute Gasteiger partial charge is 0.481 e. The predicted octanol–water partition coefficient (Wildman–Crippen LogP) is 2.32. The SMILES string of the molecule is CC#CCOc1ccc2c(ccn2CCC(C)(C(=O)O)S(C)(=O)=O)c1. The molecule has 0 spiro atoms. The van der Waals surface area contributed by atoms with Crippen LogP contribution in [0.25, 0.3) is 10.9 Å². The summed E-state index contributed by atoms with van der Waals surface area (Å²) < 4.78 is 29.3. The van der Waals surface area contributed by atoms with Gasteiger partial charge in [0.25, 0.3) is 0 Å². The number of fused-ring (bicyclic) bond motifs is 1. The molecule has 1 N–H and O–H groups in total. The fraction of sp³-hybridized carbons (Fsp3) is 0.389. The van der Waals surface area contributed by atoms with Crippen LogP contribution in [0.1, 0.15) is 20.3 Å². The van der Waals surface area contributed by atoms with E-state index in [1.807, 2.05) is 35.0 Å². The van der Waals surface area contributed by atoms with Crippen molar-refractivity contribution >= 4 is 26.7 Å². The Hall–Kier alpha value is -2.46. The molecule has 7 heteroatoms. The van der Waals surface area contributed by atoms with Crippen molar-refractivity contribution in [2.75, 3.05) is 12.9 Å². The van der Waals surface area contributed by atoms with Crippen molar-refractivity contribution in [3.8, 4) is 17.6 Å². The number of aromatic nitrogens is 1. The van der Waals surface area contributed by atoms with E-state index in [9.17, 15) is 18.3 Å². The number of aliphatic carboxylic acids is 1. The topological polar surface area (TPSA) is 85.6 Å². The molecule has 134 valence electrons. The van der Waals surface area contributed by atoms with Crippen molar-refractivity contribution in [2.24, 2.45) is 0 Å². The zero-order chi connectivity index (χ0) is 18.7. The van der Waals surface area contributed by atoms with Crippen LogP contribution >= 0.6 is 0 Å². The fourth-order valence-corrected chi connectivity index (χ4v) is 3.22. The Morgan fingerprint density at radius 3 is 2.68 bits per heavy atom. The van der Waals surface area contributed by atoms with Crippen molar-refractivity contribution in [1.82, 2.24) is 4.57 Å². The highest BCUT2D eigenvalue weighted by Gasteiger charge is 2.43. The third kappa shape index (κ3) is 3.97. The third-order valence-electron chi connectivity index (χ3n) is 4.33. The molecule has 0 aliphatic rings. The Balaban J connectivity index is 2.22. The Morgan fingerprint density at radius 1 is 1.36 bits per heavy atom. The van der Waals surface area contributed by atoms with Gasteiger partial charge in [0.05, 0.1) is 0 Å². The van der Waals surface area contributed by atoms with Crippen LogP contribution in [-0.2, 0) is 21.2 Å². The summed E-state index contributed by atoms with van der Waals surface area (Å²) in [5.41, 5.74) is 0.884. The second-order valence-electron chi connectivity index (χ2n) is 6.00. The number of nitrogens with zero attached hydrogens (tertiary/aromatic N) is 1. The lowest BCUT2D eigenvalue weighted by Gasteiger charge is -2.23. The van der Waals surface area contributed by atoms with E-state index in [2.05, 4.69) is 11.8 Å². The van der Waals surface area contributed by atoms with Crippen molar-refractivity contribution in [1.29, 1.82) is 0 Å². The first-order valence-corrected chi connectivity index (χ1v) is 9.62. The summed E-state index contributed by atoms with van der Waals surface area (Å²) in [6.07, 6.45) is 2.75. The summed E-state index contributed by atoms with van der Waals surface area (Å²) in [6, 6.07) is 7.42. The van der Waals surface area contributed by atoms with Crippen LogP contribution in [0.15, 0.2) is 30.5 Å². The van der Waals surface area contributed by atoms with Crippen LogP contribution in [0.2, 0.25) is 0 Å². The predicted molar refractivity (Wildman–Crippen MR) is 96.4 cm³/mol. The van der Waals surface area contributed by atoms with E-state index in [0.29, 0.717) is 12.4 Å². The van der Waals surface area contributed by atoms with Gasteiger partial charge in [-0.1, -0.05) is 5.92 Å². The van der Waals surface area contributed by atoms with Gasteiger partial charge in [-0.05, 0) is 44.5 Å². The van der Waals surface area contributed by atoms with Crippen molar-refractivity contribution < 1.29 is 23.1 Å². The molecule has 2 aromatic rings. The van der Waals surface area contributed by atoms with Gasteiger partial charge >= 0.3 is 5.97 Å². The molecule has 2 rings (SSSR count). The zero-order valence-corrected chi connectivity index (χ0v) is 15.3. The van der Waals surface area contributed by atoms with E-state index in [1.165, 1.54) is 6.92 Å². The number of benzene rings is 1. The first kappa shape index (κ1) is 18.9. The normalized spacial score (nSPS) is 13.7. The van der Waals surface area contributed by atoms with E-state index in [1.54, 1.807) is 6.92 Å². The minimum Gasteiger partial charge on any atom is -0.481 e. The molecule has 0 fully saturated rings. The molecule has 1 atom stereocenters. The van der Waals surface area contributed by atoms with Gasteiger partial charge in [0.1, 0.15) is 12.4 Å². The van der Waals surface area contributed by atoms with Gasteiger partial charge in [0.15, 0.2) is 14.6 Å². The van der Waals surface area contributed by atoms with Gasteiger partial charge in [0.2, 0.25) is 0 Å². The Morgan fingerprint density at radius 2 is 2.08 bits per heavy atom. The lowest BCUT2D eigenvalue weighted by atomic mass is 10.1. The molecule has 1 aromatic carbocycles. The number of hydrogen-bond acceptors (Lipinski definition) is 4. The average molecular weight is 363 g/mol. The molecular weight excluding hydrogens is 342 g/mol. The highest BCUT2D eigenvalue weighted by molar-refractivity contribution is 7.92. The second-order valence-corrected chi connectivity index (χ2v) is 8.45. The molecule has 0 aliphatic carbocycles. The Bertz CT molecular complexity index is 949. The standard InChI is InChI=1S/C18H21NO5S/c1-4-5-12-24-15-6-7-16-14(13-15)8-10-19(16)11-9-18(2,17(20)21)25(3,22)23/h6-8,10,13H,9,11-12H2,1-3H3,(H,20,21). The maximum atomic E-state index is 11.9. The lowest BCUT2D eigenvalue weighted by molar-refractivity contribution is -0.139.